The number of benzene rings is 1. The van der Waals surface area contributed by atoms with Crippen LogP contribution in [-0.2, 0) is 6.54 Å². The van der Waals surface area contributed by atoms with Crippen LogP contribution in [0.1, 0.15) is 25.3 Å². The lowest BCUT2D eigenvalue weighted by Gasteiger charge is -2.37. The summed E-state index contributed by atoms with van der Waals surface area (Å²) in [5.74, 6) is 0. The summed E-state index contributed by atoms with van der Waals surface area (Å²) in [6.07, 6.45) is 2.14. The average Bonchev–Trinajstić information content (AvgIpc) is 2.55. The molecule has 0 radical (unpaired) electrons. The summed E-state index contributed by atoms with van der Waals surface area (Å²) in [6, 6.07) is 11.1. The van der Waals surface area contributed by atoms with E-state index in [2.05, 4.69) is 60.0 Å². The maximum atomic E-state index is 10.4. The zero-order valence-electron chi connectivity index (χ0n) is 15.0. The van der Waals surface area contributed by atoms with Crippen LogP contribution in [0.15, 0.2) is 30.3 Å². The molecule has 1 heterocycles. The minimum Gasteiger partial charge on any atom is -0.390 e. The van der Waals surface area contributed by atoms with E-state index in [4.69, 9.17) is 0 Å². The highest BCUT2D eigenvalue weighted by molar-refractivity contribution is 5.14. The van der Waals surface area contributed by atoms with Crippen molar-refractivity contribution in [2.24, 2.45) is 0 Å². The summed E-state index contributed by atoms with van der Waals surface area (Å²) in [4.78, 5) is 7.07. The number of nitrogens with zero attached hydrogens (tertiary/aromatic N) is 3. The fourth-order valence-electron chi connectivity index (χ4n) is 3.53. The molecule has 4 heteroatoms. The molecule has 1 aliphatic heterocycles. The second-order valence-electron chi connectivity index (χ2n) is 6.94. The molecule has 1 fully saturated rings. The number of hydrogen-bond donors (Lipinski definition) is 1. The van der Waals surface area contributed by atoms with Gasteiger partial charge >= 0.3 is 0 Å². The van der Waals surface area contributed by atoms with Crippen LogP contribution in [-0.4, -0.2) is 78.8 Å². The molecule has 1 aromatic carbocycles. The second-order valence-corrected chi connectivity index (χ2v) is 6.94. The molecule has 0 saturated carbocycles. The molecule has 0 spiro atoms. The first kappa shape index (κ1) is 18.4. The van der Waals surface area contributed by atoms with Crippen molar-refractivity contribution in [2.45, 2.75) is 38.5 Å². The predicted octanol–water partition coefficient (Wildman–Crippen LogP) is 1.90. The molecule has 1 saturated heterocycles. The normalized spacial score (nSPS) is 18.7. The molecule has 4 nitrogen and oxygen atoms in total. The first-order chi connectivity index (χ1) is 11.1. The van der Waals surface area contributed by atoms with E-state index in [1.165, 1.54) is 31.5 Å². The van der Waals surface area contributed by atoms with E-state index in [1.54, 1.807) is 0 Å². The van der Waals surface area contributed by atoms with E-state index >= 15 is 0 Å². The maximum Gasteiger partial charge on any atom is 0.0793 e. The molecule has 1 aliphatic rings. The third-order valence-corrected chi connectivity index (χ3v) is 4.94. The largest absolute Gasteiger partial charge is 0.390 e. The first-order valence-corrected chi connectivity index (χ1v) is 8.91. The van der Waals surface area contributed by atoms with Crippen molar-refractivity contribution in [1.82, 2.24) is 14.7 Å². The van der Waals surface area contributed by atoms with Gasteiger partial charge in [-0.15, -0.1) is 0 Å². The smallest absolute Gasteiger partial charge is 0.0793 e. The fraction of sp³-hybridized carbons (Fsp3) is 0.684. The zero-order chi connectivity index (χ0) is 16.7. The van der Waals surface area contributed by atoms with Crippen molar-refractivity contribution in [3.63, 3.8) is 0 Å². The summed E-state index contributed by atoms with van der Waals surface area (Å²) in [7, 11) is 4.24. The van der Waals surface area contributed by atoms with Gasteiger partial charge in [-0.2, -0.15) is 0 Å². The van der Waals surface area contributed by atoms with E-state index in [0.717, 1.165) is 19.6 Å². The van der Waals surface area contributed by atoms with Gasteiger partial charge in [0.15, 0.2) is 0 Å². The Labute approximate surface area is 141 Å². The van der Waals surface area contributed by atoms with E-state index in [0.29, 0.717) is 12.6 Å². The van der Waals surface area contributed by atoms with Gasteiger partial charge in [-0.1, -0.05) is 37.3 Å². The second kappa shape index (κ2) is 9.38. The van der Waals surface area contributed by atoms with E-state index < -0.39 is 0 Å². The minimum atomic E-state index is -0.294. The van der Waals surface area contributed by atoms with Crippen LogP contribution in [0.2, 0.25) is 0 Å². The zero-order valence-corrected chi connectivity index (χ0v) is 15.0. The highest BCUT2D eigenvalue weighted by atomic mass is 16.3. The predicted molar refractivity (Wildman–Crippen MR) is 96.5 cm³/mol. The molecule has 1 atom stereocenters. The molecular formula is C19H33N3O. The molecule has 0 bridgehead atoms. The van der Waals surface area contributed by atoms with Gasteiger partial charge in [0, 0.05) is 25.7 Å². The van der Waals surface area contributed by atoms with E-state index in [1.807, 2.05) is 6.07 Å². The molecule has 1 N–H and O–H groups in total. The van der Waals surface area contributed by atoms with Crippen LogP contribution in [0.3, 0.4) is 0 Å². The van der Waals surface area contributed by atoms with Crippen molar-refractivity contribution >= 4 is 0 Å². The topological polar surface area (TPSA) is 30.0 Å². The van der Waals surface area contributed by atoms with Crippen LogP contribution >= 0.6 is 0 Å². The monoisotopic (exact) mass is 319 g/mol. The number of likely N-dealkylation sites (N-methyl/N-ethyl adjacent to an activating group) is 2. The van der Waals surface area contributed by atoms with Crippen LogP contribution in [0, 0.1) is 0 Å². The Morgan fingerprint density at radius 1 is 1.13 bits per heavy atom. The quantitative estimate of drug-likeness (QED) is 0.793. The molecule has 23 heavy (non-hydrogen) atoms. The summed E-state index contributed by atoms with van der Waals surface area (Å²) in [5.41, 5.74) is 1.29. The van der Waals surface area contributed by atoms with Crippen molar-refractivity contribution in [2.75, 3.05) is 46.8 Å². The Morgan fingerprint density at radius 3 is 2.39 bits per heavy atom. The Balaban J connectivity index is 1.70. The van der Waals surface area contributed by atoms with Crippen molar-refractivity contribution in [3.05, 3.63) is 35.9 Å². The lowest BCUT2D eigenvalue weighted by molar-refractivity contribution is 0.0561. The maximum absolute atomic E-state index is 10.4. The van der Waals surface area contributed by atoms with Crippen molar-refractivity contribution in [3.8, 4) is 0 Å². The van der Waals surface area contributed by atoms with Crippen LogP contribution in [0.25, 0.3) is 0 Å². The molecule has 0 aliphatic carbocycles. The fourth-order valence-corrected chi connectivity index (χ4v) is 3.53. The van der Waals surface area contributed by atoms with Gasteiger partial charge in [0.1, 0.15) is 0 Å². The number of piperidine rings is 1. The van der Waals surface area contributed by atoms with Gasteiger partial charge in [-0.3, -0.25) is 4.90 Å². The Hall–Kier alpha value is -0.940. The lowest BCUT2D eigenvalue weighted by atomic mass is 10.0. The molecule has 2 rings (SSSR count). The number of hydrogen-bond acceptors (Lipinski definition) is 4. The number of rotatable bonds is 8. The van der Waals surface area contributed by atoms with Crippen molar-refractivity contribution < 1.29 is 5.11 Å². The molecule has 0 amide bonds. The molecule has 0 aromatic heterocycles. The standard InChI is InChI=1S/C19H33N3O/c1-4-22-12-10-18(11-13-22)21(3)16-19(23)15-20(2)14-17-8-6-5-7-9-17/h5-9,18-19,23H,4,10-16H2,1-3H3. The molecule has 130 valence electrons. The van der Waals surface area contributed by atoms with Gasteiger partial charge < -0.3 is 14.9 Å². The van der Waals surface area contributed by atoms with Crippen LogP contribution in [0.4, 0.5) is 0 Å². The third kappa shape index (κ3) is 6.22. The third-order valence-electron chi connectivity index (χ3n) is 4.94. The highest BCUT2D eigenvalue weighted by Gasteiger charge is 2.23. The minimum absolute atomic E-state index is 0.294. The van der Waals surface area contributed by atoms with E-state index in [9.17, 15) is 5.11 Å². The van der Waals surface area contributed by atoms with Crippen LogP contribution in [0.5, 0.6) is 0 Å². The summed E-state index contributed by atoms with van der Waals surface area (Å²) < 4.78 is 0. The van der Waals surface area contributed by atoms with Gasteiger partial charge in [-0.25, -0.2) is 0 Å². The van der Waals surface area contributed by atoms with Gasteiger partial charge in [0.05, 0.1) is 6.10 Å². The summed E-state index contributed by atoms with van der Waals surface area (Å²) in [6.45, 7) is 8.13. The highest BCUT2D eigenvalue weighted by Crippen LogP contribution is 2.15. The number of likely N-dealkylation sites (tertiary alicyclic amines) is 1. The van der Waals surface area contributed by atoms with Crippen LogP contribution < -0.4 is 0 Å². The molecule has 1 aromatic rings. The van der Waals surface area contributed by atoms with Gasteiger partial charge in [0.25, 0.3) is 0 Å². The number of aliphatic hydroxyl groups is 1. The summed E-state index contributed by atoms with van der Waals surface area (Å²) >= 11 is 0. The lowest BCUT2D eigenvalue weighted by Crippen LogP contribution is -2.46. The summed E-state index contributed by atoms with van der Waals surface area (Å²) in [5, 5.41) is 10.4. The van der Waals surface area contributed by atoms with Gasteiger partial charge in [-0.05, 0) is 52.1 Å². The van der Waals surface area contributed by atoms with E-state index in [-0.39, 0.29) is 6.10 Å². The number of aliphatic hydroxyl groups excluding tert-OH is 1. The molecule has 1 unspecified atom stereocenters. The average molecular weight is 319 g/mol. The Morgan fingerprint density at radius 2 is 1.78 bits per heavy atom. The van der Waals surface area contributed by atoms with Gasteiger partial charge in [0.2, 0.25) is 0 Å². The Bertz CT molecular complexity index is 432. The SMILES string of the molecule is CCN1CCC(N(C)CC(O)CN(C)Cc2ccccc2)CC1. The Kier molecular flexibility index (Phi) is 7.50. The molecular weight excluding hydrogens is 286 g/mol. The first-order valence-electron chi connectivity index (χ1n) is 8.91. The van der Waals surface area contributed by atoms with Crippen molar-refractivity contribution in [1.29, 1.82) is 0 Å².